The third kappa shape index (κ3) is 2.51. The molecule has 0 saturated heterocycles. The summed E-state index contributed by atoms with van der Waals surface area (Å²) in [6, 6.07) is 6.37. The van der Waals surface area contributed by atoms with Crippen molar-refractivity contribution < 1.29 is 14.2 Å². The second-order valence-electron chi connectivity index (χ2n) is 3.68. The molecule has 6 heteroatoms. The molecule has 2 aromatic rings. The molecule has 96 valence electrons. The van der Waals surface area contributed by atoms with E-state index in [9.17, 15) is 9.50 Å². The summed E-state index contributed by atoms with van der Waals surface area (Å²) in [4.78, 5) is 3.55. The molecule has 0 unspecified atom stereocenters. The molecule has 0 radical (unpaired) electrons. The number of pyridine rings is 1. The average Bonchev–Trinajstić information content (AvgIpc) is 2.42. The number of ether oxygens (including phenoxy) is 1. The van der Waals surface area contributed by atoms with Gasteiger partial charge in [-0.2, -0.15) is 9.65 Å². The molecule has 0 bridgehead atoms. The van der Waals surface area contributed by atoms with Crippen LogP contribution in [-0.2, 0) is 0 Å². The lowest BCUT2D eigenvalue weighted by atomic mass is 10.0. The summed E-state index contributed by atoms with van der Waals surface area (Å²) in [7, 11) is 1.32. The molecule has 0 aliphatic heterocycles. The Bertz CT molecular complexity index is 683. The number of hydrogen-bond donors (Lipinski definition) is 1. The van der Waals surface area contributed by atoms with Gasteiger partial charge in [-0.05, 0) is 34.1 Å². The van der Waals surface area contributed by atoms with Gasteiger partial charge in [-0.3, -0.25) is 0 Å². The molecule has 0 amide bonds. The minimum Gasteiger partial charge on any atom is -0.506 e. The van der Waals surface area contributed by atoms with Crippen LogP contribution in [0.5, 0.6) is 11.5 Å². The van der Waals surface area contributed by atoms with Gasteiger partial charge in [-0.1, -0.05) is 0 Å². The standard InChI is InChI=1S/C13H8BrFN2O2/c1-19-11-4-8(6-17-13(11)15)9-2-7(5-16)3-10(14)12(9)18/h2-4,6,18H,1H3. The van der Waals surface area contributed by atoms with E-state index < -0.39 is 5.95 Å². The number of aromatic nitrogens is 1. The van der Waals surface area contributed by atoms with Crippen LogP contribution >= 0.6 is 15.9 Å². The highest BCUT2D eigenvalue weighted by molar-refractivity contribution is 9.10. The average molecular weight is 323 g/mol. The van der Waals surface area contributed by atoms with E-state index in [1.165, 1.54) is 31.5 Å². The van der Waals surface area contributed by atoms with E-state index in [1.807, 2.05) is 6.07 Å². The van der Waals surface area contributed by atoms with Crippen LogP contribution < -0.4 is 4.74 Å². The van der Waals surface area contributed by atoms with Crippen molar-refractivity contribution in [2.24, 2.45) is 0 Å². The Morgan fingerprint density at radius 2 is 2.16 bits per heavy atom. The van der Waals surface area contributed by atoms with Crippen LogP contribution in [0.2, 0.25) is 0 Å². The topological polar surface area (TPSA) is 66.1 Å². The van der Waals surface area contributed by atoms with Crippen molar-refractivity contribution in [2.45, 2.75) is 0 Å². The fourth-order valence-electron chi connectivity index (χ4n) is 1.60. The highest BCUT2D eigenvalue weighted by Crippen LogP contribution is 2.37. The van der Waals surface area contributed by atoms with Crippen molar-refractivity contribution in [3.63, 3.8) is 0 Å². The summed E-state index contributed by atoms with van der Waals surface area (Å²) in [6.07, 6.45) is 1.26. The number of nitrogens with zero attached hydrogens (tertiary/aromatic N) is 2. The number of phenolic OH excluding ortho intramolecular Hbond substituents is 1. The van der Waals surface area contributed by atoms with Gasteiger partial charge in [0.15, 0.2) is 5.75 Å². The van der Waals surface area contributed by atoms with Crippen LogP contribution in [0.3, 0.4) is 0 Å². The number of phenols is 1. The molecule has 1 aromatic heterocycles. The lowest BCUT2D eigenvalue weighted by Crippen LogP contribution is -1.93. The zero-order chi connectivity index (χ0) is 14.0. The second-order valence-corrected chi connectivity index (χ2v) is 4.54. The normalized spacial score (nSPS) is 10.0. The van der Waals surface area contributed by atoms with E-state index in [2.05, 4.69) is 20.9 Å². The van der Waals surface area contributed by atoms with E-state index in [4.69, 9.17) is 10.00 Å². The van der Waals surface area contributed by atoms with Crippen LogP contribution in [0.15, 0.2) is 28.9 Å². The molecule has 1 aromatic carbocycles. The van der Waals surface area contributed by atoms with Crippen molar-refractivity contribution in [1.82, 2.24) is 4.98 Å². The largest absolute Gasteiger partial charge is 0.506 e. The number of nitriles is 1. The zero-order valence-electron chi connectivity index (χ0n) is 9.82. The summed E-state index contributed by atoms with van der Waals surface area (Å²) < 4.78 is 18.5. The van der Waals surface area contributed by atoms with Gasteiger partial charge >= 0.3 is 0 Å². The van der Waals surface area contributed by atoms with Gasteiger partial charge in [0.2, 0.25) is 0 Å². The highest BCUT2D eigenvalue weighted by Gasteiger charge is 2.13. The Morgan fingerprint density at radius 1 is 1.42 bits per heavy atom. The molecule has 0 saturated carbocycles. The van der Waals surface area contributed by atoms with Gasteiger partial charge in [0, 0.05) is 17.3 Å². The van der Waals surface area contributed by atoms with Crippen molar-refractivity contribution in [3.05, 3.63) is 40.4 Å². The molecule has 2 rings (SSSR count). The number of rotatable bonds is 2. The SMILES string of the molecule is COc1cc(-c2cc(C#N)cc(Br)c2O)cnc1F. The molecule has 0 spiro atoms. The van der Waals surface area contributed by atoms with E-state index in [1.54, 1.807) is 0 Å². The first-order valence-corrected chi connectivity index (χ1v) is 5.98. The van der Waals surface area contributed by atoms with Crippen LogP contribution in [0.4, 0.5) is 4.39 Å². The minimum absolute atomic E-state index is 0.0321. The Labute approximate surface area is 117 Å². The Balaban J connectivity index is 2.65. The third-order valence-corrected chi connectivity index (χ3v) is 3.13. The predicted octanol–water partition coefficient (Wildman–Crippen LogP) is 3.24. The molecular weight excluding hydrogens is 315 g/mol. The number of aromatic hydroxyl groups is 1. The Morgan fingerprint density at radius 3 is 2.79 bits per heavy atom. The molecule has 0 fully saturated rings. The first-order valence-electron chi connectivity index (χ1n) is 5.19. The summed E-state index contributed by atoms with van der Waals surface area (Å²) in [6.45, 7) is 0. The Hall–Kier alpha value is -2.13. The van der Waals surface area contributed by atoms with Gasteiger partial charge in [0.25, 0.3) is 5.95 Å². The summed E-state index contributed by atoms with van der Waals surface area (Å²) in [5.74, 6) is -0.814. The van der Waals surface area contributed by atoms with Crippen LogP contribution in [0.1, 0.15) is 5.56 Å². The highest BCUT2D eigenvalue weighted by atomic mass is 79.9. The first kappa shape index (κ1) is 13.3. The zero-order valence-corrected chi connectivity index (χ0v) is 11.4. The van der Waals surface area contributed by atoms with Gasteiger partial charge in [-0.25, -0.2) is 4.98 Å². The number of methoxy groups -OCH3 is 1. The number of benzene rings is 1. The summed E-state index contributed by atoms with van der Waals surface area (Å²) in [5, 5.41) is 18.9. The Kier molecular flexibility index (Phi) is 3.67. The maximum Gasteiger partial charge on any atom is 0.255 e. The quantitative estimate of drug-likeness (QED) is 0.862. The monoisotopic (exact) mass is 322 g/mol. The number of hydrogen-bond acceptors (Lipinski definition) is 4. The smallest absolute Gasteiger partial charge is 0.255 e. The van der Waals surface area contributed by atoms with Gasteiger partial charge in [-0.15, -0.1) is 0 Å². The number of halogens is 2. The van der Waals surface area contributed by atoms with Gasteiger partial charge < -0.3 is 9.84 Å². The van der Waals surface area contributed by atoms with E-state index >= 15 is 0 Å². The molecule has 4 nitrogen and oxygen atoms in total. The summed E-state index contributed by atoms with van der Waals surface area (Å²) in [5.41, 5.74) is 1.19. The van der Waals surface area contributed by atoms with E-state index in [0.717, 1.165) is 0 Å². The van der Waals surface area contributed by atoms with Crippen LogP contribution in [-0.4, -0.2) is 17.2 Å². The molecular formula is C13H8BrFN2O2. The lowest BCUT2D eigenvalue weighted by Gasteiger charge is -2.09. The minimum atomic E-state index is -0.735. The first-order chi connectivity index (χ1) is 9.06. The molecule has 0 atom stereocenters. The van der Waals surface area contributed by atoms with Gasteiger partial charge in [0.05, 0.1) is 23.2 Å². The molecule has 1 heterocycles. The molecule has 19 heavy (non-hydrogen) atoms. The molecule has 0 aliphatic rings. The second kappa shape index (κ2) is 5.24. The fourth-order valence-corrected chi connectivity index (χ4v) is 2.06. The van der Waals surface area contributed by atoms with Gasteiger partial charge in [0.1, 0.15) is 5.75 Å². The van der Waals surface area contributed by atoms with Crippen molar-refractivity contribution >= 4 is 15.9 Å². The van der Waals surface area contributed by atoms with Crippen LogP contribution in [0.25, 0.3) is 11.1 Å². The third-order valence-electron chi connectivity index (χ3n) is 2.53. The maximum absolute atomic E-state index is 13.3. The van der Waals surface area contributed by atoms with Crippen molar-refractivity contribution in [3.8, 4) is 28.7 Å². The molecule has 0 aliphatic carbocycles. The maximum atomic E-state index is 13.3. The van der Waals surface area contributed by atoms with Crippen molar-refractivity contribution in [2.75, 3.05) is 7.11 Å². The fraction of sp³-hybridized carbons (Fsp3) is 0.0769. The predicted molar refractivity (Wildman–Crippen MR) is 70.3 cm³/mol. The van der Waals surface area contributed by atoms with Crippen LogP contribution in [0, 0.1) is 17.3 Å². The van der Waals surface area contributed by atoms with E-state index in [-0.39, 0.29) is 11.5 Å². The lowest BCUT2D eigenvalue weighted by molar-refractivity contribution is 0.378. The van der Waals surface area contributed by atoms with Crippen molar-refractivity contribution in [1.29, 1.82) is 5.26 Å². The van der Waals surface area contributed by atoms with E-state index in [0.29, 0.717) is 21.2 Å². The summed E-state index contributed by atoms with van der Waals surface area (Å²) >= 11 is 3.16. The molecule has 1 N–H and O–H groups in total.